The lowest BCUT2D eigenvalue weighted by Gasteiger charge is -2.67. The van der Waals surface area contributed by atoms with Gasteiger partial charge in [0.25, 0.3) is 0 Å². The smallest absolute Gasteiger partial charge is 0.139 e. The zero-order chi connectivity index (χ0) is 20.4. The number of nitrogens with zero attached hydrogens (tertiary/aromatic N) is 1. The maximum absolute atomic E-state index is 14.1. The summed E-state index contributed by atoms with van der Waals surface area (Å²) in [6.07, 6.45) is 11.8. The summed E-state index contributed by atoms with van der Waals surface area (Å²) in [5, 5.41) is 0. The summed E-state index contributed by atoms with van der Waals surface area (Å²) >= 11 is 6.36. The van der Waals surface area contributed by atoms with E-state index in [0.29, 0.717) is 23.0 Å². The van der Waals surface area contributed by atoms with Gasteiger partial charge in [-0.3, -0.25) is 4.79 Å². The second-order valence-electron chi connectivity index (χ2n) is 11.9. The fraction of sp³-hybridized carbons (Fsp3) is 0.741. The third-order valence-corrected chi connectivity index (χ3v) is 10.2. The van der Waals surface area contributed by atoms with E-state index in [0.717, 1.165) is 43.9 Å². The van der Waals surface area contributed by atoms with Crippen molar-refractivity contribution in [1.82, 2.24) is 4.90 Å². The number of benzene rings is 1. The van der Waals surface area contributed by atoms with Crippen LogP contribution in [0.4, 0.5) is 0 Å². The Hall–Kier alpha value is -0.860. The lowest BCUT2D eigenvalue weighted by atomic mass is 9.37. The monoisotopic (exact) mass is 425 g/mol. The summed E-state index contributed by atoms with van der Waals surface area (Å²) in [6, 6.07) is 11.2. The number of halogens is 1. The molecule has 1 aromatic carbocycles. The lowest BCUT2D eigenvalue weighted by molar-refractivity contribution is -0.163. The maximum atomic E-state index is 14.1. The number of alkyl halides is 1. The van der Waals surface area contributed by atoms with E-state index in [2.05, 4.69) is 35.2 Å². The Kier molecular flexibility index (Phi) is 4.67. The van der Waals surface area contributed by atoms with Crippen molar-refractivity contribution >= 4 is 17.4 Å². The van der Waals surface area contributed by atoms with Gasteiger partial charge in [-0.2, -0.15) is 0 Å². The number of rotatable bonds is 6. The van der Waals surface area contributed by atoms with Crippen LogP contribution in [0.1, 0.15) is 69.8 Å². The Labute approximate surface area is 186 Å². The Morgan fingerprint density at radius 3 is 2.53 bits per heavy atom. The van der Waals surface area contributed by atoms with Crippen molar-refractivity contribution < 1.29 is 4.79 Å². The average molecular weight is 426 g/mol. The lowest BCUT2D eigenvalue weighted by Crippen LogP contribution is -2.61. The quantitative estimate of drug-likeness (QED) is 0.535. The van der Waals surface area contributed by atoms with Crippen LogP contribution >= 0.6 is 11.6 Å². The number of carbonyl (C=O) groups is 1. The molecule has 0 N–H and O–H groups in total. The van der Waals surface area contributed by atoms with E-state index in [-0.39, 0.29) is 10.8 Å². The van der Waals surface area contributed by atoms with Crippen LogP contribution in [-0.4, -0.2) is 36.2 Å². The number of hydrogen-bond donors (Lipinski definition) is 0. The molecule has 3 saturated heterocycles. The van der Waals surface area contributed by atoms with E-state index in [1.165, 1.54) is 57.3 Å². The van der Waals surface area contributed by atoms with Crippen LogP contribution in [0.25, 0.3) is 0 Å². The van der Waals surface area contributed by atoms with Crippen molar-refractivity contribution in [2.24, 2.45) is 28.6 Å². The Morgan fingerprint density at radius 2 is 1.83 bits per heavy atom. The fourth-order valence-electron chi connectivity index (χ4n) is 9.32. The average Bonchev–Trinajstić information content (AvgIpc) is 2.74. The summed E-state index contributed by atoms with van der Waals surface area (Å²) in [4.78, 5) is 16.7. The summed E-state index contributed by atoms with van der Waals surface area (Å²) in [5.74, 6) is 3.49. The van der Waals surface area contributed by atoms with Crippen LogP contribution < -0.4 is 0 Å². The molecule has 30 heavy (non-hydrogen) atoms. The molecule has 6 bridgehead atoms. The minimum atomic E-state index is -0.0761. The van der Waals surface area contributed by atoms with Crippen molar-refractivity contribution in [3.05, 3.63) is 35.9 Å². The van der Waals surface area contributed by atoms with E-state index in [4.69, 9.17) is 11.6 Å². The van der Waals surface area contributed by atoms with E-state index in [9.17, 15) is 4.79 Å². The fourth-order valence-corrected chi connectivity index (χ4v) is 9.72. The first kappa shape index (κ1) is 19.8. The molecule has 0 amide bonds. The number of ketones is 1. The third kappa shape index (κ3) is 3.04. The molecule has 8 rings (SSSR count). The largest absolute Gasteiger partial charge is 0.303 e. The molecule has 162 valence electrons. The minimum Gasteiger partial charge on any atom is -0.303 e. The van der Waals surface area contributed by atoms with Gasteiger partial charge in [0.1, 0.15) is 5.78 Å². The van der Waals surface area contributed by atoms with Crippen LogP contribution in [0.5, 0.6) is 0 Å². The van der Waals surface area contributed by atoms with Crippen molar-refractivity contribution in [1.29, 1.82) is 0 Å². The van der Waals surface area contributed by atoms with Gasteiger partial charge in [-0.05, 0) is 105 Å². The SMILES string of the molecule is O=C(C[C@@H]1CN2CCC1CC2)C12CC3C[C@](CCCl)(C1)C[C@@](c1ccccc1)(C3)C2. The molecule has 2 unspecified atom stereocenters. The summed E-state index contributed by atoms with van der Waals surface area (Å²) in [5.41, 5.74) is 1.92. The van der Waals surface area contributed by atoms with Gasteiger partial charge < -0.3 is 4.90 Å². The number of carbonyl (C=O) groups excluding carboxylic acids is 1. The molecule has 4 saturated carbocycles. The van der Waals surface area contributed by atoms with Gasteiger partial charge in [0.05, 0.1) is 0 Å². The predicted octanol–water partition coefficient (Wildman–Crippen LogP) is 5.82. The molecule has 3 aliphatic heterocycles. The topological polar surface area (TPSA) is 20.3 Å². The van der Waals surface area contributed by atoms with Gasteiger partial charge in [-0.1, -0.05) is 30.3 Å². The highest BCUT2D eigenvalue weighted by Gasteiger charge is 2.65. The summed E-state index contributed by atoms with van der Waals surface area (Å²) < 4.78 is 0. The van der Waals surface area contributed by atoms with Gasteiger partial charge in [-0.15, -0.1) is 11.6 Å². The second kappa shape index (κ2) is 7.07. The van der Waals surface area contributed by atoms with Crippen LogP contribution in [0, 0.1) is 28.6 Å². The van der Waals surface area contributed by atoms with Gasteiger partial charge in [-0.25, -0.2) is 0 Å². The number of Topliss-reactive ketones (excluding diaryl/α,β-unsaturated/α-hetero) is 1. The molecular formula is C27H36ClNO. The zero-order valence-corrected chi connectivity index (χ0v) is 19.0. The molecule has 0 radical (unpaired) electrons. The van der Waals surface area contributed by atoms with Gasteiger partial charge in [0.2, 0.25) is 0 Å². The molecule has 3 heteroatoms. The van der Waals surface area contributed by atoms with Gasteiger partial charge >= 0.3 is 0 Å². The Bertz CT molecular complexity index is 817. The number of fused-ring (bicyclic) bond motifs is 3. The molecule has 7 fully saturated rings. The Morgan fingerprint density at radius 1 is 1.03 bits per heavy atom. The first-order valence-corrected chi connectivity index (χ1v) is 12.9. The van der Waals surface area contributed by atoms with Crippen molar-refractivity contribution in [2.45, 2.75) is 69.6 Å². The first-order chi connectivity index (χ1) is 14.5. The van der Waals surface area contributed by atoms with Crippen LogP contribution in [0.2, 0.25) is 0 Å². The summed E-state index contributed by atoms with van der Waals surface area (Å²) in [7, 11) is 0. The first-order valence-electron chi connectivity index (χ1n) is 12.4. The predicted molar refractivity (Wildman–Crippen MR) is 122 cm³/mol. The van der Waals surface area contributed by atoms with E-state index < -0.39 is 0 Å². The molecule has 0 spiro atoms. The van der Waals surface area contributed by atoms with Gasteiger partial charge in [0, 0.05) is 24.3 Å². The molecule has 2 nitrogen and oxygen atoms in total. The Balaban J connectivity index is 1.33. The minimum absolute atomic E-state index is 0.0761. The van der Waals surface area contributed by atoms with E-state index in [1.807, 2.05) is 0 Å². The number of piperidine rings is 3. The van der Waals surface area contributed by atoms with Crippen molar-refractivity contribution in [3.63, 3.8) is 0 Å². The molecule has 5 atom stereocenters. The maximum Gasteiger partial charge on any atom is 0.139 e. The van der Waals surface area contributed by atoms with E-state index in [1.54, 1.807) is 0 Å². The highest BCUT2D eigenvalue weighted by molar-refractivity contribution is 6.17. The normalized spacial score (nSPS) is 46.3. The number of hydrogen-bond acceptors (Lipinski definition) is 2. The molecule has 7 aliphatic rings. The second-order valence-corrected chi connectivity index (χ2v) is 12.3. The molecular weight excluding hydrogens is 390 g/mol. The zero-order valence-electron chi connectivity index (χ0n) is 18.3. The summed E-state index contributed by atoms with van der Waals surface area (Å²) in [6.45, 7) is 3.70. The van der Waals surface area contributed by atoms with Crippen molar-refractivity contribution in [2.75, 3.05) is 25.5 Å². The molecule has 3 heterocycles. The highest BCUT2D eigenvalue weighted by Crippen LogP contribution is 2.71. The van der Waals surface area contributed by atoms with Crippen LogP contribution in [0.3, 0.4) is 0 Å². The third-order valence-electron chi connectivity index (χ3n) is 10.0. The van der Waals surface area contributed by atoms with Gasteiger partial charge in [0.15, 0.2) is 0 Å². The standard InChI is InChI=1S/C27H36ClNO/c28-9-8-25-13-20-14-26(17-25,23-4-2-1-3-5-23)19-27(15-20,18-25)24(30)12-22-16-29-10-6-21(22)7-11-29/h1-5,20-22H,6-19H2/t20?,22-,25+,26+,27?/m1/s1. The highest BCUT2D eigenvalue weighted by atomic mass is 35.5. The van der Waals surface area contributed by atoms with Crippen LogP contribution in [0.15, 0.2) is 30.3 Å². The molecule has 1 aromatic rings. The van der Waals surface area contributed by atoms with E-state index >= 15 is 0 Å². The van der Waals surface area contributed by atoms with Crippen LogP contribution in [-0.2, 0) is 10.2 Å². The van der Waals surface area contributed by atoms with Crippen molar-refractivity contribution in [3.8, 4) is 0 Å². The molecule has 0 aromatic heterocycles. The molecule has 4 aliphatic carbocycles.